The molecule has 3 aliphatic rings. The molecule has 25 heavy (non-hydrogen) atoms. The standard InChI is InChI=1S/C17H27N5O3/c23-17(18-10-15-19-16(20-25-15)14-3-4-14)22-5-1-2-13(12-22)11-21-6-8-24-9-7-21/h13-14H,1-12H2,(H,18,23). The monoisotopic (exact) mass is 349 g/mol. The molecule has 1 aromatic heterocycles. The number of morpholine rings is 1. The Hall–Kier alpha value is -1.67. The second-order valence-corrected chi connectivity index (χ2v) is 7.35. The van der Waals surface area contributed by atoms with Crippen LogP contribution in [0, 0.1) is 5.92 Å². The smallest absolute Gasteiger partial charge is 0.317 e. The second kappa shape index (κ2) is 7.70. The highest BCUT2D eigenvalue weighted by Gasteiger charge is 2.29. The van der Waals surface area contributed by atoms with E-state index in [2.05, 4.69) is 20.4 Å². The maximum atomic E-state index is 12.5. The van der Waals surface area contributed by atoms with E-state index in [1.54, 1.807) is 0 Å². The molecule has 138 valence electrons. The van der Waals surface area contributed by atoms with Crippen LogP contribution in [0.25, 0.3) is 0 Å². The minimum Gasteiger partial charge on any atom is -0.379 e. The van der Waals surface area contributed by atoms with Crippen molar-refractivity contribution in [3.05, 3.63) is 11.7 Å². The summed E-state index contributed by atoms with van der Waals surface area (Å²) in [4.78, 5) is 21.2. The Kier molecular flexibility index (Phi) is 5.17. The van der Waals surface area contributed by atoms with Gasteiger partial charge in [-0.3, -0.25) is 4.90 Å². The van der Waals surface area contributed by atoms with Gasteiger partial charge in [-0.1, -0.05) is 5.16 Å². The number of amides is 2. The van der Waals surface area contributed by atoms with E-state index in [0.29, 0.717) is 24.3 Å². The summed E-state index contributed by atoms with van der Waals surface area (Å²) < 4.78 is 10.6. The zero-order chi connectivity index (χ0) is 17.1. The highest BCUT2D eigenvalue weighted by molar-refractivity contribution is 5.74. The van der Waals surface area contributed by atoms with Crippen LogP contribution in [-0.2, 0) is 11.3 Å². The van der Waals surface area contributed by atoms with Crippen molar-refractivity contribution >= 4 is 6.03 Å². The fourth-order valence-electron chi connectivity index (χ4n) is 3.66. The third kappa shape index (κ3) is 4.49. The van der Waals surface area contributed by atoms with E-state index in [1.807, 2.05) is 4.90 Å². The molecule has 0 aromatic carbocycles. The molecule has 0 spiro atoms. The van der Waals surface area contributed by atoms with Crippen molar-refractivity contribution in [1.82, 2.24) is 25.3 Å². The molecule has 2 aliphatic heterocycles. The predicted molar refractivity (Wildman–Crippen MR) is 90.1 cm³/mol. The van der Waals surface area contributed by atoms with Crippen LogP contribution in [0.3, 0.4) is 0 Å². The fourth-order valence-corrected chi connectivity index (χ4v) is 3.66. The van der Waals surface area contributed by atoms with Crippen molar-refractivity contribution in [2.24, 2.45) is 5.92 Å². The molecule has 1 aromatic rings. The van der Waals surface area contributed by atoms with Crippen molar-refractivity contribution in [2.45, 2.75) is 38.1 Å². The average molecular weight is 349 g/mol. The van der Waals surface area contributed by atoms with Crippen LogP contribution in [0.15, 0.2) is 4.52 Å². The highest BCUT2D eigenvalue weighted by Crippen LogP contribution is 2.38. The Morgan fingerprint density at radius 3 is 2.84 bits per heavy atom. The zero-order valence-electron chi connectivity index (χ0n) is 14.7. The summed E-state index contributed by atoms with van der Waals surface area (Å²) in [5.41, 5.74) is 0. The van der Waals surface area contributed by atoms with Crippen molar-refractivity contribution in [3.8, 4) is 0 Å². The molecular weight excluding hydrogens is 322 g/mol. The maximum Gasteiger partial charge on any atom is 0.317 e. The summed E-state index contributed by atoms with van der Waals surface area (Å²) >= 11 is 0. The van der Waals surface area contributed by atoms with E-state index in [0.717, 1.165) is 71.0 Å². The summed E-state index contributed by atoms with van der Waals surface area (Å²) in [6.07, 6.45) is 4.54. The minimum absolute atomic E-state index is 0.0298. The Labute approximate surface area is 147 Å². The quantitative estimate of drug-likeness (QED) is 0.860. The van der Waals surface area contributed by atoms with Crippen molar-refractivity contribution < 1.29 is 14.1 Å². The number of carbonyl (C=O) groups is 1. The van der Waals surface area contributed by atoms with Crippen LogP contribution in [-0.4, -0.2) is 71.9 Å². The highest BCUT2D eigenvalue weighted by atomic mass is 16.5. The van der Waals surface area contributed by atoms with Gasteiger partial charge in [0.2, 0.25) is 5.89 Å². The number of urea groups is 1. The topological polar surface area (TPSA) is 83.7 Å². The van der Waals surface area contributed by atoms with Gasteiger partial charge in [-0.15, -0.1) is 0 Å². The molecule has 1 N–H and O–H groups in total. The zero-order valence-corrected chi connectivity index (χ0v) is 14.7. The number of hydrogen-bond donors (Lipinski definition) is 1. The van der Waals surface area contributed by atoms with Crippen LogP contribution in [0.1, 0.15) is 43.3 Å². The van der Waals surface area contributed by atoms with E-state index in [9.17, 15) is 4.79 Å². The molecule has 0 radical (unpaired) electrons. The number of likely N-dealkylation sites (tertiary alicyclic amines) is 1. The van der Waals surface area contributed by atoms with Crippen LogP contribution in [0.2, 0.25) is 0 Å². The first kappa shape index (κ1) is 16.8. The molecule has 1 saturated carbocycles. The van der Waals surface area contributed by atoms with E-state index < -0.39 is 0 Å². The van der Waals surface area contributed by atoms with Gasteiger partial charge in [-0.2, -0.15) is 4.98 Å². The average Bonchev–Trinajstić information content (AvgIpc) is 3.39. The number of nitrogens with one attached hydrogen (secondary N) is 1. The van der Waals surface area contributed by atoms with Crippen LogP contribution < -0.4 is 5.32 Å². The molecule has 1 aliphatic carbocycles. The molecule has 8 heteroatoms. The third-order valence-electron chi connectivity index (χ3n) is 5.24. The lowest BCUT2D eigenvalue weighted by atomic mass is 9.97. The molecule has 3 fully saturated rings. The number of carbonyl (C=O) groups excluding carboxylic acids is 1. The summed E-state index contributed by atoms with van der Waals surface area (Å²) in [5.74, 6) is 2.30. The third-order valence-corrected chi connectivity index (χ3v) is 5.24. The first-order valence-electron chi connectivity index (χ1n) is 9.43. The second-order valence-electron chi connectivity index (χ2n) is 7.35. The van der Waals surface area contributed by atoms with Crippen LogP contribution >= 0.6 is 0 Å². The van der Waals surface area contributed by atoms with Crippen molar-refractivity contribution in [1.29, 1.82) is 0 Å². The Balaban J connectivity index is 1.23. The molecule has 2 saturated heterocycles. The Morgan fingerprint density at radius 2 is 2.04 bits per heavy atom. The summed E-state index contributed by atoms with van der Waals surface area (Å²) in [7, 11) is 0. The van der Waals surface area contributed by atoms with Crippen molar-refractivity contribution in [2.75, 3.05) is 45.9 Å². The van der Waals surface area contributed by atoms with Gasteiger partial charge >= 0.3 is 6.03 Å². The van der Waals surface area contributed by atoms with Gasteiger partial charge in [-0.05, 0) is 31.6 Å². The molecule has 1 unspecified atom stereocenters. The number of ether oxygens (including phenoxy) is 1. The van der Waals surface area contributed by atoms with E-state index in [1.165, 1.54) is 6.42 Å². The number of piperidine rings is 1. The first-order chi connectivity index (χ1) is 12.3. The number of rotatable bonds is 5. The van der Waals surface area contributed by atoms with Gasteiger partial charge < -0.3 is 19.5 Å². The van der Waals surface area contributed by atoms with E-state index >= 15 is 0 Å². The van der Waals surface area contributed by atoms with E-state index in [-0.39, 0.29) is 6.03 Å². The van der Waals surface area contributed by atoms with Gasteiger partial charge in [0.15, 0.2) is 5.82 Å². The molecule has 8 nitrogen and oxygen atoms in total. The largest absolute Gasteiger partial charge is 0.379 e. The lowest BCUT2D eigenvalue weighted by molar-refractivity contribution is 0.0249. The maximum absolute atomic E-state index is 12.5. The normalized spacial score (nSPS) is 25.1. The molecule has 3 heterocycles. The van der Waals surface area contributed by atoms with Crippen LogP contribution in [0.5, 0.6) is 0 Å². The molecule has 4 rings (SSSR count). The summed E-state index contributed by atoms with van der Waals surface area (Å²) in [6.45, 7) is 6.66. The molecule has 1 atom stereocenters. The number of aromatic nitrogens is 2. The van der Waals surface area contributed by atoms with Gasteiger partial charge in [0, 0.05) is 38.6 Å². The molecule has 0 bridgehead atoms. The van der Waals surface area contributed by atoms with Gasteiger partial charge in [0.1, 0.15) is 0 Å². The molecule has 2 amide bonds. The van der Waals surface area contributed by atoms with Crippen LogP contribution in [0.4, 0.5) is 4.79 Å². The summed E-state index contributed by atoms with van der Waals surface area (Å²) in [5, 5.41) is 6.90. The summed E-state index contributed by atoms with van der Waals surface area (Å²) in [6, 6.07) is -0.0298. The van der Waals surface area contributed by atoms with Gasteiger partial charge in [-0.25, -0.2) is 4.79 Å². The lowest BCUT2D eigenvalue weighted by Gasteiger charge is -2.36. The number of hydrogen-bond acceptors (Lipinski definition) is 6. The Morgan fingerprint density at radius 1 is 1.20 bits per heavy atom. The van der Waals surface area contributed by atoms with E-state index in [4.69, 9.17) is 9.26 Å². The Bertz CT molecular complexity index is 583. The first-order valence-corrected chi connectivity index (χ1v) is 9.43. The van der Waals surface area contributed by atoms with Gasteiger partial charge in [0.05, 0.1) is 19.8 Å². The fraction of sp³-hybridized carbons (Fsp3) is 0.824. The number of nitrogens with zero attached hydrogens (tertiary/aromatic N) is 4. The minimum atomic E-state index is -0.0298. The molecular formula is C17H27N5O3. The van der Waals surface area contributed by atoms with Crippen molar-refractivity contribution in [3.63, 3.8) is 0 Å². The van der Waals surface area contributed by atoms with Gasteiger partial charge in [0.25, 0.3) is 0 Å². The predicted octanol–water partition coefficient (Wildman–Crippen LogP) is 1.20. The SMILES string of the molecule is O=C(NCc1nc(C2CC2)no1)N1CCCC(CN2CCOCC2)C1. The lowest BCUT2D eigenvalue weighted by Crippen LogP contribution is -2.48.